The van der Waals surface area contributed by atoms with Gasteiger partial charge in [0.15, 0.2) is 0 Å². The number of nitrogens with one attached hydrogen (secondary N) is 1. The number of benzene rings is 5. The number of anilines is 2. The predicted octanol–water partition coefficient (Wildman–Crippen LogP) is 11.2. The third-order valence-electron chi connectivity index (χ3n) is 11.5. The average molecular weight is 694 g/mol. The molecule has 9 rings (SSSR count). The summed E-state index contributed by atoms with van der Waals surface area (Å²) in [5, 5.41) is 4.00. The predicted molar refractivity (Wildman–Crippen MR) is 218 cm³/mol. The molecule has 2 heterocycles. The summed E-state index contributed by atoms with van der Waals surface area (Å²) < 4.78 is 7.04. The average Bonchev–Trinajstić information content (AvgIpc) is 3.54. The third kappa shape index (κ3) is 6.11. The molecule has 264 valence electrons. The lowest BCUT2D eigenvalue weighted by Gasteiger charge is -2.36. The van der Waals surface area contributed by atoms with Crippen molar-refractivity contribution in [3.05, 3.63) is 202 Å². The smallest absolute Gasteiger partial charge is 0.135 e. The van der Waals surface area contributed by atoms with Gasteiger partial charge in [-0.2, -0.15) is 0 Å². The standard InChI is InChI=1S/C49H47N3O/c1-49(2)32-35-22-12-15-27-42(35)52(43-28-16-14-26-41(43)49)37-30-39-38-25-13-17-29-44(38)53-48(39)40(31-37)45(46(50)33-18-6-3-7-19-33)47(34-20-8-4-9-21-34)51-36-23-10-5-11-24-36/h3-4,6-9,12-23,25-31,39,46,48,51H,5,10-11,24,32,50H2,1-2H3/b47-45-. The van der Waals surface area contributed by atoms with Gasteiger partial charge in [0, 0.05) is 45.4 Å². The minimum atomic E-state index is -0.427. The number of para-hydroxylation sites is 3. The molecule has 0 amide bonds. The second-order valence-corrected chi connectivity index (χ2v) is 15.5. The zero-order valence-corrected chi connectivity index (χ0v) is 30.6. The summed E-state index contributed by atoms with van der Waals surface area (Å²) in [7, 11) is 0. The maximum absolute atomic E-state index is 7.59. The lowest BCUT2D eigenvalue weighted by molar-refractivity contribution is 0.256. The Morgan fingerprint density at radius 1 is 0.792 bits per heavy atom. The van der Waals surface area contributed by atoms with Gasteiger partial charge in [-0.05, 0) is 90.1 Å². The highest BCUT2D eigenvalue weighted by molar-refractivity contribution is 5.81. The Balaban J connectivity index is 1.34. The largest absolute Gasteiger partial charge is 0.484 e. The normalized spacial score (nSPS) is 20.8. The van der Waals surface area contributed by atoms with Crippen LogP contribution < -0.4 is 20.7 Å². The van der Waals surface area contributed by atoms with E-state index in [-0.39, 0.29) is 17.4 Å². The van der Waals surface area contributed by atoms with Crippen LogP contribution >= 0.6 is 0 Å². The van der Waals surface area contributed by atoms with Crippen LogP contribution in [0.25, 0.3) is 5.70 Å². The van der Waals surface area contributed by atoms with Gasteiger partial charge in [-0.25, -0.2) is 0 Å². The van der Waals surface area contributed by atoms with Crippen LogP contribution in [0.4, 0.5) is 11.4 Å². The second kappa shape index (κ2) is 13.8. The quantitative estimate of drug-likeness (QED) is 0.178. The summed E-state index contributed by atoms with van der Waals surface area (Å²) in [4.78, 5) is 2.50. The first-order chi connectivity index (χ1) is 26.0. The maximum Gasteiger partial charge on any atom is 0.135 e. The molecule has 0 saturated heterocycles. The Morgan fingerprint density at radius 2 is 1.49 bits per heavy atom. The summed E-state index contributed by atoms with van der Waals surface area (Å²) in [5.74, 6) is 0.918. The van der Waals surface area contributed by atoms with Crippen molar-refractivity contribution < 1.29 is 4.74 Å². The van der Waals surface area contributed by atoms with Gasteiger partial charge < -0.3 is 20.7 Å². The van der Waals surface area contributed by atoms with E-state index in [1.807, 2.05) is 0 Å². The van der Waals surface area contributed by atoms with Crippen molar-refractivity contribution in [1.82, 2.24) is 5.32 Å². The lowest BCUT2D eigenvalue weighted by Crippen LogP contribution is -2.33. The Hall–Kier alpha value is -5.58. The van der Waals surface area contributed by atoms with Gasteiger partial charge in [-0.1, -0.05) is 135 Å². The molecule has 5 aromatic rings. The summed E-state index contributed by atoms with van der Waals surface area (Å²) in [6, 6.07) is 47.3. The van der Waals surface area contributed by atoms with E-state index in [1.165, 1.54) is 46.6 Å². The van der Waals surface area contributed by atoms with E-state index in [0.29, 0.717) is 0 Å². The number of allylic oxidation sites excluding steroid dienone is 3. The first kappa shape index (κ1) is 33.3. The van der Waals surface area contributed by atoms with E-state index in [2.05, 4.69) is 176 Å². The molecule has 3 unspecified atom stereocenters. The molecule has 4 aliphatic rings. The number of nitrogens with two attached hydrogens (primary N) is 1. The molecular weight excluding hydrogens is 647 g/mol. The fourth-order valence-electron chi connectivity index (χ4n) is 8.93. The van der Waals surface area contributed by atoms with Crippen molar-refractivity contribution >= 4 is 17.1 Å². The Labute approximate surface area is 314 Å². The highest BCUT2D eigenvalue weighted by Crippen LogP contribution is 2.52. The SMILES string of the molecule is CC1(C)Cc2ccccc2N(C2=CC3c4ccccc4OC3C(/C(=C(/NC3=CCCCC3)c3ccccc3)C(N)c3ccccc3)=C2)c2ccccc21. The molecule has 0 spiro atoms. The van der Waals surface area contributed by atoms with Crippen LogP contribution in [-0.2, 0) is 11.8 Å². The van der Waals surface area contributed by atoms with Gasteiger partial charge in [0.2, 0.25) is 0 Å². The molecule has 0 bridgehead atoms. The van der Waals surface area contributed by atoms with E-state index < -0.39 is 6.04 Å². The zero-order valence-electron chi connectivity index (χ0n) is 30.6. The number of hydrogen-bond acceptors (Lipinski definition) is 4. The van der Waals surface area contributed by atoms with Gasteiger partial charge in [-0.15, -0.1) is 0 Å². The maximum atomic E-state index is 7.59. The van der Waals surface area contributed by atoms with Crippen LogP contribution in [0.1, 0.15) is 79.3 Å². The molecule has 4 heteroatoms. The van der Waals surface area contributed by atoms with Crippen LogP contribution in [-0.4, -0.2) is 6.10 Å². The van der Waals surface area contributed by atoms with Gasteiger partial charge in [0.1, 0.15) is 11.9 Å². The Kier molecular flexibility index (Phi) is 8.64. The van der Waals surface area contributed by atoms with Crippen molar-refractivity contribution in [1.29, 1.82) is 0 Å². The van der Waals surface area contributed by atoms with E-state index >= 15 is 0 Å². The Bertz CT molecular complexity index is 2280. The first-order valence-corrected chi connectivity index (χ1v) is 19.2. The second-order valence-electron chi connectivity index (χ2n) is 15.5. The van der Waals surface area contributed by atoms with Crippen molar-refractivity contribution in [3.63, 3.8) is 0 Å². The first-order valence-electron chi connectivity index (χ1n) is 19.2. The third-order valence-corrected chi connectivity index (χ3v) is 11.5. The minimum Gasteiger partial charge on any atom is -0.484 e. The molecule has 4 nitrogen and oxygen atoms in total. The van der Waals surface area contributed by atoms with Gasteiger partial charge in [0.25, 0.3) is 0 Å². The monoisotopic (exact) mass is 693 g/mol. The van der Waals surface area contributed by atoms with E-state index in [0.717, 1.165) is 58.7 Å². The highest BCUT2D eigenvalue weighted by Gasteiger charge is 2.43. The molecule has 0 aromatic heterocycles. The highest BCUT2D eigenvalue weighted by atomic mass is 16.5. The van der Waals surface area contributed by atoms with Crippen LogP contribution in [0, 0.1) is 0 Å². The minimum absolute atomic E-state index is 0.0133. The van der Waals surface area contributed by atoms with Crippen LogP contribution in [0.2, 0.25) is 0 Å². The fraction of sp³-hybridized carbons (Fsp3) is 0.224. The number of ether oxygens (including phenoxy) is 1. The molecule has 5 aromatic carbocycles. The van der Waals surface area contributed by atoms with Crippen molar-refractivity contribution in [2.45, 2.75) is 69.4 Å². The van der Waals surface area contributed by atoms with Crippen molar-refractivity contribution in [2.75, 3.05) is 4.90 Å². The summed E-state index contributed by atoms with van der Waals surface area (Å²) in [6.45, 7) is 4.74. The molecule has 0 fully saturated rings. The Morgan fingerprint density at radius 3 is 2.28 bits per heavy atom. The number of hydrogen-bond donors (Lipinski definition) is 2. The molecule has 0 radical (unpaired) electrons. The number of nitrogens with zero attached hydrogens (tertiary/aromatic N) is 1. The van der Waals surface area contributed by atoms with Crippen molar-refractivity contribution in [3.8, 4) is 5.75 Å². The van der Waals surface area contributed by atoms with E-state index in [4.69, 9.17) is 10.5 Å². The molecule has 2 aliphatic heterocycles. The zero-order chi connectivity index (χ0) is 35.9. The van der Waals surface area contributed by atoms with Gasteiger partial charge in [-0.3, -0.25) is 0 Å². The van der Waals surface area contributed by atoms with Crippen LogP contribution in [0.3, 0.4) is 0 Å². The van der Waals surface area contributed by atoms with Crippen LogP contribution in [0.5, 0.6) is 5.75 Å². The molecule has 3 N–H and O–H groups in total. The number of rotatable bonds is 7. The molecule has 53 heavy (non-hydrogen) atoms. The number of fused-ring (bicyclic) bond motifs is 5. The fourth-order valence-corrected chi connectivity index (χ4v) is 8.93. The van der Waals surface area contributed by atoms with Gasteiger partial charge in [0.05, 0.1) is 11.7 Å². The van der Waals surface area contributed by atoms with Gasteiger partial charge >= 0.3 is 0 Å². The molecule has 3 atom stereocenters. The molecule has 0 saturated carbocycles. The topological polar surface area (TPSA) is 50.5 Å². The van der Waals surface area contributed by atoms with Crippen LogP contribution in [0.15, 0.2) is 174 Å². The lowest BCUT2D eigenvalue weighted by atomic mass is 9.78. The molecular formula is C49H47N3O. The van der Waals surface area contributed by atoms with Crippen molar-refractivity contribution in [2.24, 2.45) is 5.73 Å². The summed E-state index contributed by atoms with van der Waals surface area (Å²) >= 11 is 0. The molecule has 2 aliphatic carbocycles. The van der Waals surface area contributed by atoms with E-state index in [1.54, 1.807) is 0 Å². The van der Waals surface area contributed by atoms with E-state index in [9.17, 15) is 0 Å². The summed E-state index contributed by atoms with van der Waals surface area (Å²) in [6.07, 6.45) is 12.4. The summed E-state index contributed by atoms with van der Waals surface area (Å²) in [5.41, 5.74) is 21.6.